The van der Waals surface area contributed by atoms with Crippen LogP contribution < -0.4 is 10.6 Å². The van der Waals surface area contributed by atoms with Crippen LogP contribution in [0.3, 0.4) is 0 Å². The Morgan fingerprint density at radius 2 is 2.00 bits per heavy atom. The monoisotopic (exact) mass is 200 g/mol. The van der Waals surface area contributed by atoms with Gasteiger partial charge in [0.2, 0.25) is 0 Å². The number of hydrogen-bond acceptors (Lipinski definition) is 3. The minimum atomic E-state index is -0.485. The van der Waals surface area contributed by atoms with Crippen molar-refractivity contribution in [1.29, 1.82) is 0 Å². The van der Waals surface area contributed by atoms with Crippen LogP contribution in [-0.4, -0.2) is 31.7 Å². The lowest BCUT2D eigenvalue weighted by Gasteiger charge is -2.06. The van der Waals surface area contributed by atoms with Gasteiger partial charge in [0.05, 0.1) is 6.54 Å². The van der Waals surface area contributed by atoms with Crippen LogP contribution in [0.2, 0.25) is 0 Å². The molecule has 0 saturated carbocycles. The fourth-order valence-electron chi connectivity index (χ4n) is 0.676. The molecule has 0 fully saturated rings. The van der Waals surface area contributed by atoms with E-state index in [4.69, 9.17) is 0 Å². The van der Waals surface area contributed by atoms with Crippen molar-refractivity contribution >= 4 is 12.0 Å². The highest BCUT2D eigenvalue weighted by Crippen LogP contribution is 1.77. The van der Waals surface area contributed by atoms with Crippen molar-refractivity contribution in [3.63, 3.8) is 0 Å². The predicted octanol–water partition coefficient (Wildman–Crippen LogP) is 0.425. The van der Waals surface area contributed by atoms with Crippen LogP contribution in [0.4, 0.5) is 4.79 Å². The van der Waals surface area contributed by atoms with Gasteiger partial charge in [0.15, 0.2) is 0 Å². The Hall–Kier alpha value is -1.52. The molecular formula is C9H16N2O3. The molecule has 5 nitrogen and oxygen atoms in total. The van der Waals surface area contributed by atoms with Crippen LogP contribution in [0.1, 0.15) is 13.3 Å². The van der Waals surface area contributed by atoms with Crippen molar-refractivity contribution in [3.05, 3.63) is 12.7 Å². The summed E-state index contributed by atoms with van der Waals surface area (Å²) in [7, 11) is 0. The smallest absolute Gasteiger partial charge is 0.330 e. The van der Waals surface area contributed by atoms with E-state index in [1.165, 1.54) is 0 Å². The molecule has 0 saturated heterocycles. The Morgan fingerprint density at radius 3 is 2.57 bits per heavy atom. The zero-order valence-electron chi connectivity index (χ0n) is 8.34. The van der Waals surface area contributed by atoms with E-state index in [-0.39, 0.29) is 12.6 Å². The zero-order chi connectivity index (χ0) is 10.8. The van der Waals surface area contributed by atoms with Crippen LogP contribution in [0.25, 0.3) is 0 Å². The van der Waals surface area contributed by atoms with Crippen molar-refractivity contribution in [2.24, 2.45) is 0 Å². The number of carbonyl (C=O) groups excluding carboxylic acids is 2. The molecule has 0 spiro atoms. The van der Waals surface area contributed by atoms with E-state index in [0.717, 1.165) is 12.5 Å². The lowest BCUT2D eigenvalue weighted by Crippen LogP contribution is -2.37. The fourth-order valence-corrected chi connectivity index (χ4v) is 0.676. The molecule has 0 heterocycles. The summed E-state index contributed by atoms with van der Waals surface area (Å²) in [4.78, 5) is 21.5. The van der Waals surface area contributed by atoms with Crippen LogP contribution in [-0.2, 0) is 9.53 Å². The second kappa shape index (κ2) is 8.10. The normalized spacial score (nSPS) is 8.93. The molecule has 2 N–H and O–H groups in total. The Balaban J connectivity index is 3.31. The van der Waals surface area contributed by atoms with Crippen LogP contribution in [0.15, 0.2) is 12.7 Å². The van der Waals surface area contributed by atoms with E-state index < -0.39 is 5.97 Å². The molecule has 80 valence electrons. The molecule has 0 rings (SSSR count). The molecule has 0 aliphatic heterocycles. The minimum absolute atomic E-state index is 0.157. The van der Waals surface area contributed by atoms with Gasteiger partial charge in [-0.25, -0.2) is 9.59 Å². The maximum absolute atomic E-state index is 10.9. The third kappa shape index (κ3) is 7.15. The fraction of sp³-hybridized carbons (Fsp3) is 0.556. The summed E-state index contributed by atoms with van der Waals surface area (Å²) in [6.45, 7) is 6.30. The molecule has 14 heavy (non-hydrogen) atoms. The Kier molecular flexibility index (Phi) is 7.22. The average Bonchev–Trinajstić information content (AvgIpc) is 2.21. The summed E-state index contributed by atoms with van der Waals surface area (Å²) in [5.41, 5.74) is 0. The van der Waals surface area contributed by atoms with Gasteiger partial charge in [-0.05, 0) is 6.42 Å². The topological polar surface area (TPSA) is 67.4 Å². The summed E-state index contributed by atoms with van der Waals surface area (Å²) >= 11 is 0. The van der Waals surface area contributed by atoms with Crippen molar-refractivity contribution in [2.45, 2.75) is 13.3 Å². The van der Waals surface area contributed by atoms with E-state index in [0.29, 0.717) is 13.1 Å². The molecule has 0 aliphatic carbocycles. The second-order valence-electron chi connectivity index (χ2n) is 2.55. The van der Waals surface area contributed by atoms with Crippen molar-refractivity contribution in [3.8, 4) is 0 Å². The number of hydrogen-bond donors (Lipinski definition) is 2. The molecule has 0 aromatic carbocycles. The van der Waals surface area contributed by atoms with Crippen molar-refractivity contribution in [1.82, 2.24) is 10.6 Å². The standard InChI is InChI=1S/C9H16N2O3/c1-3-5-10-9(13)11-6-7-14-8(12)4-2/h4H,2-3,5-7H2,1H3,(H2,10,11,13). The van der Waals surface area contributed by atoms with E-state index >= 15 is 0 Å². The third-order valence-electron chi connectivity index (χ3n) is 1.33. The van der Waals surface area contributed by atoms with Gasteiger partial charge in [-0.3, -0.25) is 0 Å². The maximum atomic E-state index is 10.9. The van der Waals surface area contributed by atoms with E-state index in [2.05, 4.69) is 21.9 Å². The van der Waals surface area contributed by atoms with Crippen LogP contribution in [0, 0.1) is 0 Å². The largest absolute Gasteiger partial charge is 0.461 e. The number of esters is 1. The van der Waals surface area contributed by atoms with Crippen LogP contribution in [0.5, 0.6) is 0 Å². The first-order valence-electron chi connectivity index (χ1n) is 4.51. The number of carbonyl (C=O) groups is 2. The van der Waals surface area contributed by atoms with Gasteiger partial charge in [0.25, 0.3) is 0 Å². The molecule has 0 aromatic heterocycles. The lowest BCUT2D eigenvalue weighted by molar-refractivity contribution is -0.137. The van der Waals surface area contributed by atoms with Gasteiger partial charge >= 0.3 is 12.0 Å². The third-order valence-corrected chi connectivity index (χ3v) is 1.33. The summed E-state index contributed by atoms with van der Waals surface area (Å²) < 4.78 is 4.65. The highest BCUT2D eigenvalue weighted by atomic mass is 16.5. The Morgan fingerprint density at radius 1 is 1.36 bits per heavy atom. The quantitative estimate of drug-likeness (QED) is 0.371. The van der Waals surface area contributed by atoms with Crippen molar-refractivity contribution < 1.29 is 14.3 Å². The lowest BCUT2D eigenvalue weighted by atomic mass is 10.5. The minimum Gasteiger partial charge on any atom is -0.461 e. The van der Waals surface area contributed by atoms with Gasteiger partial charge in [-0.2, -0.15) is 0 Å². The van der Waals surface area contributed by atoms with Crippen LogP contribution >= 0.6 is 0 Å². The molecule has 0 unspecified atom stereocenters. The van der Waals surface area contributed by atoms with Gasteiger partial charge < -0.3 is 15.4 Å². The molecule has 5 heteroatoms. The van der Waals surface area contributed by atoms with E-state index in [1.54, 1.807) is 0 Å². The maximum Gasteiger partial charge on any atom is 0.330 e. The molecule has 0 aliphatic rings. The van der Waals surface area contributed by atoms with E-state index in [1.807, 2.05) is 6.92 Å². The number of ether oxygens (including phenoxy) is 1. The molecule has 0 bridgehead atoms. The summed E-state index contributed by atoms with van der Waals surface area (Å²) in [5.74, 6) is -0.485. The highest BCUT2D eigenvalue weighted by Gasteiger charge is 1.98. The van der Waals surface area contributed by atoms with Gasteiger partial charge in [0.1, 0.15) is 6.61 Å². The molecule has 0 aromatic rings. The first-order chi connectivity index (χ1) is 6.70. The predicted molar refractivity (Wildman–Crippen MR) is 52.8 cm³/mol. The average molecular weight is 200 g/mol. The second-order valence-corrected chi connectivity index (χ2v) is 2.55. The molecule has 0 atom stereocenters. The van der Waals surface area contributed by atoms with Gasteiger partial charge in [-0.1, -0.05) is 13.5 Å². The van der Waals surface area contributed by atoms with Gasteiger partial charge in [0, 0.05) is 12.6 Å². The molecular weight excluding hydrogens is 184 g/mol. The Labute approximate surface area is 83.5 Å². The zero-order valence-corrected chi connectivity index (χ0v) is 8.34. The number of amides is 2. The summed E-state index contributed by atoms with van der Waals surface area (Å²) in [6, 6.07) is -0.249. The molecule has 2 amide bonds. The van der Waals surface area contributed by atoms with Crippen molar-refractivity contribution in [2.75, 3.05) is 19.7 Å². The Bertz CT molecular complexity index is 204. The molecule has 0 radical (unpaired) electrons. The summed E-state index contributed by atoms with van der Waals surface area (Å²) in [6.07, 6.45) is 1.97. The number of urea groups is 1. The first kappa shape index (κ1) is 12.5. The SMILES string of the molecule is C=CC(=O)OCCNC(=O)NCCC. The highest BCUT2D eigenvalue weighted by molar-refractivity contribution is 5.81. The number of nitrogens with one attached hydrogen (secondary N) is 2. The van der Waals surface area contributed by atoms with Gasteiger partial charge in [-0.15, -0.1) is 0 Å². The summed E-state index contributed by atoms with van der Waals surface area (Å²) in [5, 5.41) is 5.16. The number of rotatable bonds is 6. The first-order valence-corrected chi connectivity index (χ1v) is 4.51. The van der Waals surface area contributed by atoms with E-state index in [9.17, 15) is 9.59 Å².